The minimum absolute atomic E-state index is 0.0140. The standard InChI is InChI=1S/C22H33N5O4S/c1-14-6-8-15(9-7-14)24-19(29)20(32)25-16-10-11-27(18(28)13-30-5)12-17(16)26-21(23)31-22(2,3)4/h6-9,16-17H,10-13H2,1-5H3,(H2,23,26)(H,24,29)(H,25,32)/t16-,17+/m0/s1. The highest BCUT2D eigenvalue weighted by molar-refractivity contribution is 7.82. The van der Waals surface area contributed by atoms with Gasteiger partial charge in [-0.15, -0.1) is 0 Å². The lowest BCUT2D eigenvalue weighted by Gasteiger charge is -2.37. The summed E-state index contributed by atoms with van der Waals surface area (Å²) in [4.78, 5) is 31.1. The fourth-order valence-corrected chi connectivity index (χ4v) is 3.44. The molecule has 1 aromatic rings. The molecule has 4 N–H and O–H groups in total. The molecule has 10 heteroatoms. The normalized spacial score (nSPS) is 19.3. The van der Waals surface area contributed by atoms with Crippen LogP contribution in [0.4, 0.5) is 5.69 Å². The highest BCUT2D eigenvalue weighted by atomic mass is 32.1. The Morgan fingerprint density at radius 1 is 1.28 bits per heavy atom. The van der Waals surface area contributed by atoms with Gasteiger partial charge in [-0.3, -0.25) is 9.59 Å². The van der Waals surface area contributed by atoms with E-state index in [9.17, 15) is 9.59 Å². The molecule has 176 valence electrons. The predicted molar refractivity (Wildman–Crippen MR) is 129 cm³/mol. The molecular formula is C22H33N5O4S. The number of methoxy groups -OCH3 is 1. The Hall–Kier alpha value is -2.72. The van der Waals surface area contributed by atoms with Gasteiger partial charge in [-0.1, -0.05) is 29.9 Å². The van der Waals surface area contributed by atoms with Gasteiger partial charge < -0.3 is 30.7 Å². The number of anilines is 1. The molecule has 2 amide bonds. The van der Waals surface area contributed by atoms with Gasteiger partial charge in [0.15, 0.2) is 4.99 Å². The summed E-state index contributed by atoms with van der Waals surface area (Å²) in [5.41, 5.74) is 7.23. The lowest BCUT2D eigenvalue weighted by atomic mass is 9.99. The number of nitrogens with zero attached hydrogens (tertiary/aromatic N) is 2. The summed E-state index contributed by atoms with van der Waals surface area (Å²) in [6.45, 7) is 8.34. The highest BCUT2D eigenvalue weighted by Crippen LogP contribution is 2.17. The number of piperidine rings is 1. The van der Waals surface area contributed by atoms with Crippen LogP contribution in [-0.4, -0.2) is 72.2 Å². The maximum atomic E-state index is 12.6. The number of rotatable bonds is 5. The molecule has 1 saturated heterocycles. The molecule has 2 rings (SSSR count). The first kappa shape index (κ1) is 25.5. The van der Waals surface area contributed by atoms with Crippen LogP contribution in [0.5, 0.6) is 0 Å². The number of carbonyl (C=O) groups is 2. The molecule has 1 fully saturated rings. The largest absolute Gasteiger partial charge is 0.460 e. The lowest BCUT2D eigenvalue weighted by molar-refractivity contribution is -0.136. The molecule has 1 aliphatic rings. The van der Waals surface area contributed by atoms with Crippen LogP contribution in [0.2, 0.25) is 0 Å². The molecule has 0 bridgehead atoms. The number of nitrogens with two attached hydrogens (primary N) is 1. The number of aliphatic imine (C=N–C) groups is 1. The first-order chi connectivity index (χ1) is 15.0. The summed E-state index contributed by atoms with van der Waals surface area (Å²) in [6.07, 6.45) is 0.532. The number of carbonyl (C=O) groups excluding carboxylic acids is 2. The zero-order chi connectivity index (χ0) is 23.9. The fourth-order valence-electron chi connectivity index (χ4n) is 3.23. The van der Waals surface area contributed by atoms with Crippen LogP contribution in [0, 0.1) is 6.92 Å². The number of hydrogen-bond donors (Lipinski definition) is 3. The molecule has 0 saturated carbocycles. The average molecular weight is 464 g/mol. The van der Waals surface area contributed by atoms with Crippen molar-refractivity contribution in [3.8, 4) is 0 Å². The average Bonchev–Trinajstić information content (AvgIpc) is 2.69. The molecule has 32 heavy (non-hydrogen) atoms. The van der Waals surface area contributed by atoms with Crippen molar-refractivity contribution in [3.05, 3.63) is 29.8 Å². The first-order valence-electron chi connectivity index (χ1n) is 10.5. The third kappa shape index (κ3) is 8.08. The summed E-state index contributed by atoms with van der Waals surface area (Å²) < 4.78 is 10.6. The summed E-state index contributed by atoms with van der Waals surface area (Å²) in [6, 6.07) is 6.71. The van der Waals surface area contributed by atoms with Crippen LogP contribution >= 0.6 is 12.2 Å². The van der Waals surface area contributed by atoms with Crippen molar-refractivity contribution in [2.45, 2.75) is 51.8 Å². The third-order valence-electron chi connectivity index (χ3n) is 4.74. The van der Waals surface area contributed by atoms with E-state index in [-0.39, 0.29) is 29.6 Å². The zero-order valence-corrected chi connectivity index (χ0v) is 20.1. The van der Waals surface area contributed by atoms with E-state index in [1.165, 1.54) is 7.11 Å². The Labute approximate surface area is 194 Å². The van der Waals surface area contributed by atoms with E-state index in [4.69, 9.17) is 27.4 Å². The van der Waals surface area contributed by atoms with Crippen molar-refractivity contribution in [1.29, 1.82) is 0 Å². The van der Waals surface area contributed by atoms with Gasteiger partial charge in [0.05, 0.1) is 12.1 Å². The van der Waals surface area contributed by atoms with Crippen molar-refractivity contribution < 1.29 is 19.1 Å². The second-order valence-electron chi connectivity index (χ2n) is 8.71. The monoisotopic (exact) mass is 463 g/mol. The van der Waals surface area contributed by atoms with Gasteiger partial charge in [-0.05, 0) is 46.2 Å². The van der Waals surface area contributed by atoms with E-state index in [1.807, 2.05) is 52.0 Å². The van der Waals surface area contributed by atoms with Crippen molar-refractivity contribution in [1.82, 2.24) is 10.2 Å². The predicted octanol–water partition coefficient (Wildman–Crippen LogP) is 1.60. The van der Waals surface area contributed by atoms with E-state index < -0.39 is 17.6 Å². The van der Waals surface area contributed by atoms with E-state index in [0.717, 1.165) is 5.56 Å². The molecule has 0 unspecified atom stereocenters. The Balaban J connectivity index is 2.10. The van der Waals surface area contributed by atoms with Crippen LogP contribution < -0.4 is 16.4 Å². The summed E-state index contributed by atoms with van der Waals surface area (Å²) in [7, 11) is 1.47. The molecule has 9 nitrogen and oxygen atoms in total. The van der Waals surface area contributed by atoms with Gasteiger partial charge in [-0.25, -0.2) is 4.99 Å². The molecule has 1 aliphatic heterocycles. The number of amidine groups is 1. The van der Waals surface area contributed by atoms with E-state index >= 15 is 0 Å². The van der Waals surface area contributed by atoms with Gasteiger partial charge in [0.1, 0.15) is 12.2 Å². The number of nitrogens with one attached hydrogen (secondary N) is 2. The number of ether oxygens (including phenoxy) is 2. The first-order valence-corrected chi connectivity index (χ1v) is 10.9. The van der Waals surface area contributed by atoms with E-state index in [0.29, 0.717) is 25.2 Å². The Morgan fingerprint density at radius 3 is 2.53 bits per heavy atom. The topological polar surface area (TPSA) is 118 Å². The zero-order valence-electron chi connectivity index (χ0n) is 19.3. The third-order valence-corrected chi connectivity index (χ3v) is 5.04. The summed E-state index contributed by atoms with van der Waals surface area (Å²) in [5.74, 6) is -0.551. The number of likely N-dealkylation sites (tertiary alicyclic amines) is 1. The number of aryl methyl sites for hydroxylation is 1. The molecule has 0 spiro atoms. The van der Waals surface area contributed by atoms with Crippen LogP contribution in [-0.2, 0) is 19.1 Å². The molecule has 0 aliphatic carbocycles. The number of hydrogen-bond acceptors (Lipinski definition) is 6. The van der Waals surface area contributed by atoms with Crippen molar-refractivity contribution in [2.24, 2.45) is 10.7 Å². The van der Waals surface area contributed by atoms with Crippen LogP contribution in [0.15, 0.2) is 29.3 Å². The highest BCUT2D eigenvalue weighted by Gasteiger charge is 2.33. The second-order valence-corrected chi connectivity index (χ2v) is 9.12. The van der Waals surface area contributed by atoms with Gasteiger partial charge in [-0.2, -0.15) is 0 Å². The van der Waals surface area contributed by atoms with Gasteiger partial charge in [0, 0.05) is 25.9 Å². The number of benzene rings is 1. The molecule has 1 heterocycles. The summed E-state index contributed by atoms with van der Waals surface area (Å²) >= 11 is 5.32. The summed E-state index contributed by atoms with van der Waals surface area (Å²) in [5, 5.41) is 5.87. The van der Waals surface area contributed by atoms with E-state index in [1.54, 1.807) is 4.90 Å². The maximum Gasteiger partial charge on any atom is 0.283 e. The molecule has 2 atom stereocenters. The van der Waals surface area contributed by atoms with E-state index in [2.05, 4.69) is 15.6 Å². The quantitative estimate of drug-likeness (QED) is 0.345. The molecule has 0 aromatic heterocycles. The van der Waals surface area contributed by atoms with Crippen LogP contribution in [0.25, 0.3) is 0 Å². The smallest absolute Gasteiger partial charge is 0.283 e. The molecular weight excluding hydrogens is 430 g/mol. The van der Waals surface area contributed by atoms with Crippen molar-refractivity contribution in [3.63, 3.8) is 0 Å². The fraction of sp³-hybridized carbons (Fsp3) is 0.545. The minimum Gasteiger partial charge on any atom is -0.460 e. The number of thiocarbonyl (C=S) groups is 1. The molecule has 0 radical (unpaired) electrons. The van der Waals surface area contributed by atoms with Crippen LogP contribution in [0.1, 0.15) is 32.8 Å². The van der Waals surface area contributed by atoms with Crippen molar-refractivity contribution >= 4 is 40.7 Å². The molecule has 1 aromatic carbocycles. The SMILES string of the molecule is COCC(=O)N1CC[C@H](NC(=S)C(=O)Nc2ccc(C)cc2)[C@H](N=C(N)OC(C)(C)C)C1. The second kappa shape index (κ2) is 11.2. The minimum atomic E-state index is -0.514. The Bertz CT molecular complexity index is 851. The van der Waals surface area contributed by atoms with Crippen molar-refractivity contribution in [2.75, 3.05) is 32.1 Å². The lowest BCUT2D eigenvalue weighted by Crippen LogP contribution is -2.56. The maximum absolute atomic E-state index is 12.6. The Kier molecular flexibility index (Phi) is 8.97. The Morgan fingerprint density at radius 2 is 1.94 bits per heavy atom. The van der Waals surface area contributed by atoms with Gasteiger partial charge >= 0.3 is 0 Å². The van der Waals surface area contributed by atoms with Crippen LogP contribution in [0.3, 0.4) is 0 Å². The van der Waals surface area contributed by atoms with Gasteiger partial charge in [0.2, 0.25) is 5.91 Å². The number of amides is 2. The van der Waals surface area contributed by atoms with Gasteiger partial charge in [0.25, 0.3) is 11.9 Å².